The Morgan fingerprint density at radius 1 is 0.556 bits per heavy atom. The molecule has 4 amide bonds. The molecule has 4 atom stereocenters. The lowest BCUT2D eigenvalue weighted by atomic mass is 9.85. The number of carbonyl (C=O) groups is 4. The average molecular weight is 643 g/mol. The van der Waals surface area contributed by atoms with Gasteiger partial charge in [0.15, 0.2) is 0 Å². The molecule has 4 aliphatic rings. The largest absolute Gasteiger partial charge is 0.385 e. The molecule has 45 heavy (non-hydrogen) atoms. The second-order valence-corrected chi connectivity index (χ2v) is 10.5. The highest BCUT2D eigenvalue weighted by Crippen LogP contribution is 2.44. The van der Waals surface area contributed by atoms with Gasteiger partial charge in [-0.3, -0.25) is 28.9 Å². The van der Waals surface area contributed by atoms with Crippen LogP contribution in [0.4, 0.5) is 0 Å². The Hall–Kier alpha value is -2.44. The van der Waals surface area contributed by atoms with Crippen molar-refractivity contribution in [2.75, 3.05) is 41.7 Å². The summed E-state index contributed by atoms with van der Waals surface area (Å²) in [6.07, 6.45) is 18.4. The van der Waals surface area contributed by atoms with Crippen LogP contribution < -0.4 is 0 Å². The molecule has 0 radical (unpaired) electrons. The van der Waals surface area contributed by atoms with Gasteiger partial charge < -0.3 is 14.2 Å². The second-order valence-electron chi connectivity index (χ2n) is 10.5. The molecule has 0 aliphatic carbocycles. The zero-order valence-corrected chi connectivity index (χ0v) is 29.7. The van der Waals surface area contributed by atoms with E-state index in [9.17, 15) is 19.2 Å². The number of amides is 4. The zero-order chi connectivity index (χ0) is 34.6. The monoisotopic (exact) mass is 642 g/mol. The van der Waals surface area contributed by atoms with Gasteiger partial charge in [0, 0.05) is 39.6 Å². The smallest absolute Gasteiger partial charge is 0.277 e. The number of rotatable bonds is 12. The third-order valence-electron chi connectivity index (χ3n) is 6.91. The Morgan fingerprint density at radius 2 is 0.911 bits per heavy atom. The van der Waals surface area contributed by atoms with Crippen molar-refractivity contribution in [2.45, 2.75) is 118 Å². The van der Waals surface area contributed by atoms with E-state index >= 15 is 0 Å². The maximum Gasteiger partial charge on any atom is 0.277 e. The number of methoxy groups -OCH3 is 2. The molecule has 4 rings (SSSR count). The van der Waals surface area contributed by atoms with Crippen LogP contribution in [0.2, 0.25) is 0 Å². The highest BCUT2D eigenvalue weighted by molar-refractivity contribution is 6.11. The van der Waals surface area contributed by atoms with Gasteiger partial charge in [-0.2, -0.15) is 5.06 Å². The lowest BCUT2D eigenvalue weighted by Crippen LogP contribution is -2.33. The highest BCUT2D eigenvalue weighted by atomic mass is 16.7. The summed E-state index contributed by atoms with van der Waals surface area (Å²) in [6.45, 7) is 15.0. The minimum atomic E-state index is -0.428. The minimum absolute atomic E-state index is 0.235. The molecule has 2 bridgehead atoms. The second kappa shape index (κ2) is 29.0. The molecule has 2 fully saturated rings. The Morgan fingerprint density at radius 3 is 1.16 bits per heavy atom. The van der Waals surface area contributed by atoms with Gasteiger partial charge in [-0.15, -0.1) is 5.06 Å². The van der Waals surface area contributed by atoms with Crippen LogP contribution in [0.5, 0.6) is 0 Å². The van der Waals surface area contributed by atoms with Crippen LogP contribution in [0.1, 0.15) is 106 Å². The first-order valence-corrected chi connectivity index (χ1v) is 16.5. The summed E-state index contributed by atoms with van der Waals surface area (Å²) in [5, 5.41) is 1.53. The van der Waals surface area contributed by atoms with Crippen molar-refractivity contribution in [1.29, 1.82) is 0 Å². The first-order chi connectivity index (χ1) is 21.6. The molecule has 2 saturated heterocycles. The van der Waals surface area contributed by atoms with Gasteiger partial charge in [0.2, 0.25) is 0 Å². The number of hydrogen-bond acceptors (Lipinski definition) is 9. The van der Waals surface area contributed by atoms with Crippen molar-refractivity contribution >= 4 is 23.6 Å². The number of hydrogen-bond donors (Lipinski definition) is 0. The van der Waals surface area contributed by atoms with Crippen molar-refractivity contribution in [3.63, 3.8) is 0 Å². The quantitative estimate of drug-likeness (QED) is 0.139. The summed E-state index contributed by atoms with van der Waals surface area (Å²) in [4.78, 5) is 53.5. The number of unbranched alkanes of at least 4 members (excludes halogenated alkanes) is 6. The Labute approximate surface area is 272 Å². The molecule has 0 aromatic carbocycles. The number of imide groups is 2. The van der Waals surface area contributed by atoms with Crippen molar-refractivity contribution in [1.82, 2.24) is 10.1 Å². The predicted octanol–water partition coefficient (Wildman–Crippen LogP) is 6.22. The van der Waals surface area contributed by atoms with Gasteiger partial charge in [0.05, 0.1) is 38.3 Å². The van der Waals surface area contributed by atoms with Crippen LogP contribution in [-0.4, -0.2) is 87.6 Å². The van der Waals surface area contributed by atoms with E-state index in [4.69, 9.17) is 19.0 Å². The Kier molecular flexibility index (Phi) is 28.8. The minimum Gasteiger partial charge on any atom is -0.385 e. The molecule has 0 saturated carbocycles. The molecule has 0 N–H and O–H groups in total. The van der Waals surface area contributed by atoms with Crippen LogP contribution in [0.15, 0.2) is 24.3 Å². The summed E-state index contributed by atoms with van der Waals surface area (Å²) >= 11 is 0. The molecule has 4 unspecified atom stereocenters. The van der Waals surface area contributed by atoms with Gasteiger partial charge in [-0.25, -0.2) is 0 Å². The lowest BCUT2D eigenvalue weighted by Gasteiger charge is -2.13. The van der Waals surface area contributed by atoms with E-state index in [0.29, 0.717) is 5.06 Å². The number of hydroxylamine groups is 4. The average Bonchev–Trinajstić information content (AvgIpc) is 3.82. The van der Waals surface area contributed by atoms with Crippen LogP contribution in [0.25, 0.3) is 0 Å². The molecule has 4 heterocycles. The van der Waals surface area contributed by atoms with Crippen LogP contribution in [0, 0.1) is 11.8 Å². The first-order valence-electron chi connectivity index (χ1n) is 16.5. The third-order valence-corrected chi connectivity index (χ3v) is 6.91. The maximum absolute atomic E-state index is 11.7. The Bertz CT molecular complexity index is 789. The summed E-state index contributed by atoms with van der Waals surface area (Å²) in [6, 6.07) is 0. The van der Waals surface area contributed by atoms with E-state index in [0.717, 1.165) is 30.4 Å². The topological polar surface area (TPSA) is 121 Å². The fraction of sp³-hybridized carbons (Fsp3) is 0.765. The summed E-state index contributed by atoms with van der Waals surface area (Å²) in [5.41, 5.74) is 0. The summed E-state index contributed by atoms with van der Waals surface area (Å²) in [7, 11) is 6.08. The van der Waals surface area contributed by atoms with Gasteiger partial charge in [-0.1, -0.05) is 105 Å². The highest BCUT2D eigenvalue weighted by Gasteiger charge is 2.61. The fourth-order valence-electron chi connectivity index (χ4n) is 4.02. The summed E-state index contributed by atoms with van der Waals surface area (Å²) < 4.78 is 15.1. The maximum atomic E-state index is 11.7. The van der Waals surface area contributed by atoms with Gasteiger partial charge in [0.1, 0.15) is 0 Å². The van der Waals surface area contributed by atoms with Crippen LogP contribution in [-0.2, 0) is 43.1 Å². The van der Waals surface area contributed by atoms with E-state index < -0.39 is 11.8 Å². The van der Waals surface area contributed by atoms with E-state index in [-0.39, 0.29) is 35.9 Å². The Balaban J connectivity index is 0. The van der Waals surface area contributed by atoms with Crippen LogP contribution in [0.3, 0.4) is 0 Å². The number of carbonyl (C=O) groups excluding carboxylic acids is 4. The van der Waals surface area contributed by atoms with E-state index in [2.05, 4.69) is 46.4 Å². The normalized spacial score (nSPS) is 21.5. The van der Waals surface area contributed by atoms with Gasteiger partial charge in [-0.05, 0) is 12.8 Å². The first kappa shape index (κ1) is 44.7. The lowest BCUT2D eigenvalue weighted by molar-refractivity contribution is -0.184. The number of fused-ring (bicyclic) bond motifs is 5. The third kappa shape index (κ3) is 17.2. The van der Waals surface area contributed by atoms with Gasteiger partial charge >= 0.3 is 0 Å². The fourth-order valence-corrected chi connectivity index (χ4v) is 4.02. The summed E-state index contributed by atoms with van der Waals surface area (Å²) in [5.74, 6) is -2.14. The van der Waals surface area contributed by atoms with Gasteiger partial charge in [0.25, 0.3) is 23.6 Å². The molecule has 0 aromatic heterocycles. The molecular weight excluding hydrogens is 580 g/mol. The predicted molar refractivity (Wildman–Crippen MR) is 176 cm³/mol. The SMILES string of the molecule is CCCC.CCCC.CCCCCOC.CCCCCOC.CON1C(=O)C2C3C=CC(O3)C2C1=O.CON1C(=O)C=CC1=O. The van der Waals surface area contributed by atoms with E-state index in [1.807, 2.05) is 12.2 Å². The molecule has 11 heteroatoms. The van der Waals surface area contributed by atoms with Crippen molar-refractivity contribution in [3.8, 4) is 0 Å². The van der Waals surface area contributed by atoms with Crippen molar-refractivity contribution < 1.29 is 43.1 Å². The molecule has 262 valence electrons. The molecular formula is C34H62N2O9. The van der Waals surface area contributed by atoms with Crippen LogP contribution >= 0.6 is 0 Å². The molecule has 11 nitrogen and oxygen atoms in total. The standard InChI is InChI=1S/C9H9NO4.2C6H14O.C5H5NO3.2C4H10/c1-13-10-8(11)6-4-2-3-5(14-4)7(6)9(10)12;2*1-3-4-5-6-7-2;1-9-6-4(7)2-3-5(6)8;2*1-3-4-2/h2-7H,1H3;2*3-6H2,1-2H3;2-3H,1H3;2*3-4H2,1-2H3. The number of nitrogens with zero attached hydrogens (tertiary/aromatic N) is 2. The zero-order valence-electron chi connectivity index (χ0n) is 29.7. The van der Waals surface area contributed by atoms with E-state index in [1.165, 1.54) is 78.4 Å². The molecule has 0 spiro atoms. The van der Waals surface area contributed by atoms with Crippen molar-refractivity contribution in [2.24, 2.45) is 11.8 Å². The molecule has 0 aromatic rings. The van der Waals surface area contributed by atoms with E-state index in [1.54, 1.807) is 14.2 Å². The van der Waals surface area contributed by atoms with Crippen molar-refractivity contribution in [3.05, 3.63) is 24.3 Å². The number of ether oxygens (including phenoxy) is 3. The molecule has 4 aliphatic heterocycles.